The zero-order valence-electron chi connectivity index (χ0n) is 16.8. The van der Waals surface area contributed by atoms with Crippen molar-refractivity contribution >= 4 is 23.1 Å². The lowest BCUT2D eigenvalue weighted by molar-refractivity contribution is -0.122. The van der Waals surface area contributed by atoms with E-state index in [9.17, 15) is 4.79 Å². The number of ether oxygens (including phenoxy) is 1. The molecule has 2 aromatic rings. The predicted octanol–water partition coefficient (Wildman–Crippen LogP) is 5.54. The monoisotopic (exact) mass is 412 g/mol. The first kappa shape index (κ1) is 20.4. The second kappa shape index (κ2) is 9.73. The van der Waals surface area contributed by atoms with Crippen molar-refractivity contribution in [1.82, 2.24) is 4.98 Å². The third-order valence-electron chi connectivity index (χ3n) is 6.19. The molecule has 29 heavy (non-hydrogen) atoms. The van der Waals surface area contributed by atoms with Gasteiger partial charge in [-0.15, -0.1) is 0 Å². The molecule has 2 aliphatic rings. The number of Topliss-reactive ketones (excluding diaryl/α,β-unsaturated/α-hetero) is 1. The number of carbonyl (C=O) groups excluding carboxylic acids is 1. The number of ketones is 1. The van der Waals surface area contributed by atoms with Crippen LogP contribution in [0.1, 0.15) is 44.2 Å². The number of carbonyl (C=O) groups is 1. The first-order valence-corrected chi connectivity index (χ1v) is 11.2. The summed E-state index contributed by atoms with van der Waals surface area (Å²) in [6, 6.07) is 10.3. The van der Waals surface area contributed by atoms with Crippen LogP contribution in [0.4, 0.5) is 5.69 Å². The highest BCUT2D eigenvalue weighted by Crippen LogP contribution is 2.31. The van der Waals surface area contributed by atoms with Gasteiger partial charge in [0.2, 0.25) is 0 Å². The summed E-state index contributed by atoms with van der Waals surface area (Å²) in [5, 5.41) is 4.17. The van der Waals surface area contributed by atoms with Crippen molar-refractivity contribution in [1.29, 1.82) is 0 Å². The standard InChI is InChI=1S/C24H29ClN2O2/c25-23-16-27-21(14-24(28)18-4-1-2-5-18)13-22(23)19-6-3-7-20(12-19)26-15-17-8-10-29-11-9-17/h3,6-7,12-13,16-18,26H,1-2,4-5,8-11,14-15H2. The first-order chi connectivity index (χ1) is 14.2. The minimum atomic E-state index is 0.216. The van der Waals surface area contributed by atoms with Crippen molar-refractivity contribution in [2.24, 2.45) is 11.8 Å². The average Bonchev–Trinajstić information content (AvgIpc) is 3.30. The van der Waals surface area contributed by atoms with Crippen molar-refractivity contribution in [3.8, 4) is 11.1 Å². The van der Waals surface area contributed by atoms with Crippen molar-refractivity contribution in [3.05, 3.63) is 47.2 Å². The highest BCUT2D eigenvalue weighted by Gasteiger charge is 2.23. The van der Waals surface area contributed by atoms with E-state index >= 15 is 0 Å². The molecule has 1 N–H and O–H groups in total. The molecule has 0 radical (unpaired) electrons. The van der Waals surface area contributed by atoms with Gasteiger partial charge < -0.3 is 10.1 Å². The van der Waals surface area contributed by atoms with Crippen LogP contribution in [-0.4, -0.2) is 30.5 Å². The molecule has 1 saturated heterocycles. The van der Waals surface area contributed by atoms with Crippen LogP contribution in [-0.2, 0) is 16.0 Å². The minimum Gasteiger partial charge on any atom is -0.385 e. The van der Waals surface area contributed by atoms with E-state index in [2.05, 4.69) is 28.5 Å². The van der Waals surface area contributed by atoms with E-state index in [1.165, 1.54) is 12.8 Å². The fourth-order valence-electron chi connectivity index (χ4n) is 4.38. The van der Waals surface area contributed by atoms with Crippen molar-refractivity contribution in [2.45, 2.75) is 44.9 Å². The molecule has 0 atom stereocenters. The Morgan fingerprint density at radius 1 is 1.14 bits per heavy atom. The lowest BCUT2D eigenvalue weighted by atomic mass is 9.97. The molecule has 4 rings (SSSR count). The van der Waals surface area contributed by atoms with E-state index < -0.39 is 0 Å². The molecule has 2 heterocycles. The zero-order valence-corrected chi connectivity index (χ0v) is 17.6. The normalized spacial score (nSPS) is 18.1. The Balaban J connectivity index is 1.46. The maximum Gasteiger partial charge on any atom is 0.141 e. The van der Waals surface area contributed by atoms with Gasteiger partial charge in [0.1, 0.15) is 5.78 Å². The quantitative estimate of drug-likeness (QED) is 0.648. The third kappa shape index (κ3) is 5.37. The van der Waals surface area contributed by atoms with Gasteiger partial charge in [-0.3, -0.25) is 9.78 Å². The van der Waals surface area contributed by atoms with Crippen LogP contribution in [0.2, 0.25) is 5.02 Å². The summed E-state index contributed by atoms with van der Waals surface area (Å²) in [4.78, 5) is 17.0. The molecular weight excluding hydrogens is 384 g/mol. The van der Waals surface area contributed by atoms with Crippen LogP contribution in [0, 0.1) is 11.8 Å². The molecule has 0 bridgehead atoms. The lowest BCUT2D eigenvalue weighted by Crippen LogP contribution is -2.22. The van der Waals surface area contributed by atoms with Crippen LogP contribution < -0.4 is 5.32 Å². The predicted molar refractivity (Wildman–Crippen MR) is 117 cm³/mol. The molecule has 1 aromatic heterocycles. The van der Waals surface area contributed by atoms with E-state index in [4.69, 9.17) is 16.3 Å². The number of nitrogens with zero attached hydrogens (tertiary/aromatic N) is 1. The molecule has 1 aliphatic heterocycles. The topological polar surface area (TPSA) is 51.2 Å². The lowest BCUT2D eigenvalue weighted by Gasteiger charge is -2.22. The summed E-state index contributed by atoms with van der Waals surface area (Å²) in [7, 11) is 0. The van der Waals surface area contributed by atoms with E-state index in [1.807, 2.05) is 12.1 Å². The number of hydrogen-bond acceptors (Lipinski definition) is 4. The number of pyridine rings is 1. The summed E-state index contributed by atoms with van der Waals surface area (Å²) in [5.74, 6) is 1.19. The number of rotatable bonds is 7. The number of hydrogen-bond donors (Lipinski definition) is 1. The van der Waals surface area contributed by atoms with Crippen molar-refractivity contribution in [3.63, 3.8) is 0 Å². The van der Waals surface area contributed by atoms with Crippen LogP contribution in [0.15, 0.2) is 36.5 Å². The zero-order chi connectivity index (χ0) is 20.1. The van der Waals surface area contributed by atoms with Crippen LogP contribution in [0.3, 0.4) is 0 Å². The van der Waals surface area contributed by atoms with Crippen LogP contribution in [0.5, 0.6) is 0 Å². The van der Waals surface area contributed by atoms with E-state index in [0.717, 1.165) is 68.0 Å². The van der Waals surface area contributed by atoms with Gasteiger partial charge in [0, 0.05) is 55.2 Å². The highest BCUT2D eigenvalue weighted by molar-refractivity contribution is 6.33. The van der Waals surface area contributed by atoms with Crippen LogP contribution in [0.25, 0.3) is 11.1 Å². The fourth-order valence-corrected chi connectivity index (χ4v) is 4.59. The van der Waals surface area contributed by atoms with E-state index in [0.29, 0.717) is 23.1 Å². The van der Waals surface area contributed by atoms with Crippen molar-refractivity contribution in [2.75, 3.05) is 25.1 Å². The summed E-state index contributed by atoms with van der Waals surface area (Å²) in [6.45, 7) is 2.68. The Morgan fingerprint density at radius 2 is 1.93 bits per heavy atom. The van der Waals surface area contributed by atoms with Gasteiger partial charge in [-0.2, -0.15) is 0 Å². The number of halogens is 1. The second-order valence-electron chi connectivity index (χ2n) is 8.30. The third-order valence-corrected chi connectivity index (χ3v) is 6.49. The Kier molecular flexibility index (Phi) is 6.83. The van der Waals surface area contributed by atoms with E-state index in [1.54, 1.807) is 6.20 Å². The molecule has 0 spiro atoms. The molecular formula is C24H29ClN2O2. The summed E-state index contributed by atoms with van der Waals surface area (Å²) >= 11 is 6.46. The second-order valence-corrected chi connectivity index (χ2v) is 8.70. The smallest absolute Gasteiger partial charge is 0.141 e. The number of anilines is 1. The fraction of sp³-hybridized carbons (Fsp3) is 0.500. The molecule has 1 aliphatic carbocycles. The van der Waals surface area contributed by atoms with Gasteiger partial charge in [0.25, 0.3) is 0 Å². The van der Waals surface area contributed by atoms with E-state index in [-0.39, 0.29) is 5.92 Å². The van der Waals surface area contributed by atoms with Gasteiger partial charge in [0.05, 0.1) is 5.02 Å². The summed E-state index contributed by atoms with van der Waals surface area (Å²) < 4.78 is 5.44. The van der Waals surface area contributed by atoms with Gasteiger partial charge >= 0.3 is 0 Å². The van der Waals surface area contributed by atoms with Gasteiger partial charge in [0.15, 0.2) is 0 Å². The Morgan fingerprint density at radius 3 is 2.72 bits per heavy atom. The minimum absolute atomic E-state index is 0.216. The maximum atomic E-state index is 12.5. The van der Waals surface area contributed by atoms with Gasteiger partial charge in [-0.25, -0.2) is 0 Å². The Bertz CT molecular complexity index is 843. The molecule has 0 amide bonds. The summed E-state index contributed by atoms with van der Waals surface area (Å²) in [6.07, 6.45) is 8.70. The Hall–Kier alpha value is -1.91. The molecule has 0 unspecified atom stereocenters. The van der Waals surface area contributed by atoms with Gasteiger partial charge in [-0.05, 0) is 55.4 Å². The molecule has 4 nitrogen and oxygen atoms in total. The van der Waals surface area contributed by atoms with Crippen molar-refractivity contribution < 1.29 is 9.53 Å². The molecule has 5 heteroatoms. The SMILES string of the molecule is O=C(Cc1cc(-c2cccc(NCC3CCOCC3)c2)c(Cl)cn1)C1CCCC1. The van der Waals surface area contributed by atoms with Crippen LogP contribution >= 0.6 is 11.6 Å². The highest BCUT2D eigenvalue weighted by atomic mass is 35.5. The average molecular weight is 413 g/mol. The largest absolute Gasteiger partial charge is 0.385 e. The maximum absolute atomic E-state index is 12.5. The van der Waals surface area contributed by atoms with Gasteiger partial charge in [-0.1, -0.05) is 36.6 Å². The number of aromatic nitrogens is 1. The first-order valence-electron chi connectivity index (χ1n) is 10.8. The summed E-state index contributed by atoms with van der Waals surface area (Å²) in [5.41, 5.74) is 3.88. The number of nitrogens with one attached hydrogen (secondary N) is 1. The Labute approximate surface area is 178 Å². The molecule has 2 fully saturated rings. The number of benzene rings is 1. The molecule has 1 saturated carbocycles. The molecule has 1 aromatic carbocycles. The molecule has 154 valence electrons.